The van der Waals surface area contributed by atoms with Gasteiger partial charge < -0.3 is 9.73 Å². The van der Waals surface area contributed by atoms with Crippen LogP contribution in [0.1, 0.15) is 43.7 Å². The number of hydrogen-bond acceptors (Lipinski definition) is 4. The molecule has 2 aromatic rings. The second-order valence-electron chi connectivity index (χ2n) is 4.72. The van der Waals surface area contributed by atoms with Crippen molar-refractivity contribution in [2.75, 3.05) is 0 Å². The predicted octanol–water partition coefficient (Wildman–Crippen LogP) is 3.99. The Hall–Kier alpha value is -2.14. The first-order chi connectivity index (χ1) is 9.61. The molecule has 0 saturated carbocycles. The summed E-state index contributed by atoms with van der Waals surface area (Å²) in [6, 6.07) is 10.6. The first kappa shape index (κ1) is 14.3. The van der Waals surface area contributed by atoms with Gasteiger partial charge in [0, 0.05) is 18.2 Å². The second-order valence-corrected chi connectivity index (χ2v) is 4.72. The normalized spacial score (nSPS) is 13.9. The Morgan fingerprint density at radius 2 is 2.15 bits per heavy atom. The standard InChI is InChI=1S/C15H18N2O3/c1-3-14(16-11(2)15-8-5-9-20-15)12-6-4-7-13(10-12)17(18)19/h4-11,14,16H,3H2,1-2H3. The van der Waals surface area contributed by atoms with E-state index < -0.39 is 0 Å². The summed E-state index contributed by atoms with van der Waals surface area (Å²) in [7, 11) is 0. The summed E-state index contributed by atoms with van der Waals surface area (Å²) in [5, 5.41) is 14.3. The van der Waals surface area contributed by atoms with E-state index >= 15 is 0 Å². The third kappa shape index (κ3) is 3.24. The van der Waals surface area contributed by atoms with Crippen molar-refractivity contribution in [3.63, 3.8) is 0 Å². The van der Waals surface area contributed by atoms with Crippen molar-refractivity contribution >= 4 is 5.69 Å². The van der Waals surface area contributed by atoms with Crippen molar-refractivity contribution in [1.82, 2.24) is 5.32 Å². The van der Waals surface area contributed by atoms with Gasteiger partial charge in [0.1, 0.15) is 5.76 Å². The fraction of sp³-hybridized carbons (Fsp3) is 0.333. The van der Waals surface area contributed by atoms with E-state index in [0.717, 1.165) is 17.7 Å². The van der Waals surface area contributed by atoms with Crippen LogP contribution in [0.2, 0.25) is 0 Å². The highest BCUT2D eigenvalue weighted by atomic mass is 16.6. The number of rotatable bonds is 6. The topological polar surface area (TPSA) is 68.3 Å². The van der Waals surface area contributed by atoms with Crippen molar-refractivity contribution < 1.29 is 9.34 Å². The zero-order valence-electron chi connectivity index (χ0n) is 11.6. The molecule has 0 radical (unpaired) electrons. The summed E-state index contributed by atoms with van der Waals surface area (Å²) >= 11 is 0. The van der Waals surface area contributed by atoms with Gasteiger partial charge in [0.15, 0.2) is 0 Å². The zero-order valence-corrected chi connectivity index (χ0v) is 11.6. The Morgan fingerprint density at radius 3 is 2.75 bits per heavy atom. The van der Waals surface area contributed by atoms with Crippen LogP contribution in [0.4, 0.5) is 5.69 Å². The first-order valence-electron chi connectivity index (χ1n) is 6.65. The predicted molar refractivity (Wildman–Crippen MR) is 76.4 cm³/mol. The Labute approximate surface area is 117 Å². The minimum atomic E-state index is -0.369. The van der Waals surface area contributed by atoms with Gasteiger partial charge in [-0.15, -0.1) is 0 Å². The van der Waals surface area contributed by atoms with Gasteiger partial charge in [-0.05, 0) is 31.0 Å². The van der Waals surface area contributed by atoms with Gasteiger partial charge in [-0.1, -0.05) is 19.1 Å². The number of hydrogen-bond donors (Lipinski definition) is 1. The molecule has 0 aliphatic carbocycles. The van der Waals surface area contributed by atoms with Crippen molar-refractivity contribution in [2.45, 2.75) is 32.4 Å². The van der Waals surface area contributed by atoms with Crippen LogP contribution in [0, 0.1) is 10.1 Å². The van der Waals surface area contributed by atoms with Crippen LogP contribution in [0.25, 0.3) is 0 Å². The summed E-state index contributed by atoms with van der Waals surface area (Å²) in [4.78, 5) is 10.5. The number of nitrogens with one attached hydrogen (secondary N) is 1. The highest BCUT2D eigenvalue weighted by molar-refractivity contribution is 5.35. The number of nitrogens with zero attached hydrogens (tertiary/aromatic N) is 1. The molecule has 2 rings (SSSR count). The van der Waals surface area contributed by atoms with Crippen LogP contribution in [-0.4, -0.2) is 4.92 Å². The number of furan rings is 1. The summed E-state index contributed by atoms with van der Waals surface area (Å²) in [6.45, 7) is 4.06. The maximum Gasteiger partial charge on any atom is 0.269 e. The highest BCUT2D eigenvalue weighted by Crippen LogP contribution is 2.25. The van der Waals surface area contributed by atoms with Crippen molar-refractivity contribution in [3.8, 4) is 0 Å². The van der Waals surface area contributed by atoms with E-state index in [1.54, 1.807) is 18.4 Å². The molecule has 5 nitrogen and oxygen atoms in total. The monoisotopic (exact) mass is 274 g/mol. The van der Waals surface area contributed by atoms with E-state index in [-0.39, 0.29) is 22.7 Å². The number of non-ortho nitro benzene ring substituents is 1. The van der Waals surface area contributed by atoms with Crippen LogP contribution >= 0.6 is 0 Å². The molecule has 2 atom stereocenters. The largest absolute Gasteiger partial charge is 0.468 e. The molecule has 1 N–H and O–H groups in total. The first-order valence-corrected chi connectivity index (χ1v) is 6.65. The fourth-order valence-corrected chi connectivity index (χ4v) is 2.23. The van der Waals surface area contributed by atoms with Crippen molar-refractivity contribution in [3.05, 3.63) is 64.1 Å². The molecule has 0 spiro atoms. The summed E-state index contributed by atoms with van der Waals surface area (Å²) < 4.78 is 5.37. The lowest BCUT2D eigenvalue weighted by atomic mass is 10.0. The van der Waals surface area contributed by atoms with Crippen molar-refractivity contribution in [2.24, 2.45) is 0 Å². The Kier molecular flexibility index (Phi) is 4.53. The Morgan fingerprint density at radius 1 is 1.35 bits per heavy atom. The van der Waals surface area contributed by atoms with Gasteiger partial charge >= 0.3 is 0 Å². The van der Waals surface area contributed by atoms with Gasteiger partial charge in [0.25, 0.3) is 5.69 Å². The fourth-order valence-electron chi connectivity index (χ4n) is 2.23. The lowest BCUT2D eigenvalue weighted by Crippen LogP contribution is -2.24. The van der Waals surface area contributed by atoms with E-state index in [1.165, 1.54) is 6.07 Å². The quantitative estimate of drug-likeness (QED) is 0.638. The van der Waals surface area contributed by atoms with Gasteiger partial charge in [0.2, 0.25) is 0 Å². The van der Waals surface area contributed by atoms with Gasteiger partial charge in [0.05, 0.1) is 17.2 Å². The third-order valence-electron chi connectivity index (χ3n) is 3.31. The molecular weight excluding hydrogens is 256 g/mol. The van der Waals surface area contributed by atoms with E-state index in [2.05, 4.69) is 5.32 Å². The summed E-state index contributed by atoms with van der Waals surface area (Å²) in [5.74, 6) is 0.855. The average Bonchev–Trinajstić information content (AvgIpc) is 2.99. The van der Waals surface area contributed by atoms with Crippen LogP contribution in [0.15, 0.2) is 47.1 Å². The third-order valence-corrected chi connectivity index (χ3v) is 3.31. The van der Waals surface area contributed by atoms with Crippen LogP contribution in [0.5, 0.6) is 0 Å². The van der Waals surface area contributed by atoms with E-state index in [4.69, 9.17) is 4.42 Å². The van der Waals surface area contributed by atoms with Gasteiger partial charge in [-0.2, -0.15) is 0 Å². The maximum atomic E-state index is 10.8. The minimum Gasteiger partial charge on any atom is -0.468 e. The second kappa shape index (κ2) is 6.34. The molecule has 0 bridgehead atoms. The molecule has 0 aliphatic heterocycles. The molecule has 0 amide bonds. The van der Waals surface area contributed by atoms with Crippen LogP contribution in [-0.2, 0) is 0 Å². The maximum absolute atomic E-state index is 10.8. The molecule has 5 heteroatoms. The molecule has 0 saturated heterocycles. The van der Waals surface area contributed by atoms with Gasteiger partial charge in [-0.25, -0.2) is 0 Å². The number of benzene rings is 1. The zero-order chi connectivity index (χ0) is 14.5. The molecule has 0 aliphatic rings. The smallest absolute Gasteiger partial charge is 0.269 e. The molecule has 0 fully saturated rings. The molecule has 2 unspecified atom stereocenters. The van der Waals surface area contributed by atoms with E-state index in [1.807, 2.05) is 32.0 Å². The number of nitro groups is 1. The van der Waals surface area contributed by atoms with E-state index in [0.29, 0.717) is 0 Å². The van der Waals surface area contributed by atoms with Crippen LogP contribution in [0.3, 0.4) is 0 Å². The minimum absolute atomic E-state index is 0.0502. The molecule has 1 aromatic carbocycles. The Balaban J connectivity index is 2.15. The molecule has 1 aromatic heterocycles. The molecule has 106 valence electrons. The molecule has 1 heterocycles. The van der Waals surface area contributed by atoms with E-state index in [9.17, 15) is 10.1 Å². The number of nitro benzene ring substituents is 1. The van der Waals surface area contributed by atoms with Crippen molar-refractivity contribution in [1.29, 1.82) is 0 Å². The SMILES string of the molecule is CCC(NC(C)c1ccco1)c1cccc([N+](=O)[O-])c1. The summed E-state index contributed by atoms with van der Waals surface area (Å²) in [5.41, 5.74) is 1.04. The van der Waals surface area contributed by atoms with Gasteiger partial charge in [-0.3, -0.25) is 10.1 Å². The Bertz CT molecular complexity index is 566. The molecular formula is C15H18N2O3. The molecule has 20 heavy (non-hydrogen) atoms. The van der Waals surface area contributed by atoms with Crippen LogP contribution < -0.4 is 5.32 Å². The summed E-state index contributed by atoms with van der Waals surface area (Å²) in [6.07, 6.45) is 2.48. The lowest BCUT2D eigenvalue weighted by Gasteiger charge is -2.21. The lowest BCUT2D eigenvalue weighted by molar-refractivity contribution is -0.384. The highest BCUT2D eigenvalue weighted by Gasteiger charge is 2.17. The average molecular weight is 274 g/mol.